The minimum Gasteiger partial charge on any atom is -0.477 e. The smallest absolute Gasteiger partial charge is 0.347 e. The summed E-state index contributed by atoms with van der Waals surface area (Å²) in [5, 5.41) is 10.1. The second kappa shape index (κ2) is 4.97. The van der Waals surface area contributed by atoms with Crippen LogP contribution in [0.5, 0.6) is 0 Å². The summed E-state index contributed by atoms with van der Waals surface area (Å²) in [6.45, 7) is 6.87. The summed E-state index contributed by atoms with van der Waals surface area (Å²) in [7, 11) is 0. The van der Waals surface area contributed by atoms with E-state index in [1.165, 1.54) is 11.3 Å². The molecular formula is C13H19NO3S. The van der Waals surface area contributed by atoms with Crippen molar-refractivity contribution >= 4 is 17.3 Å². The Morgan fingerprint density at radius 3 is 2.83 bits per heavy atom. The molecule has 0 aromatic carbocycles. The van der Waals surface area contributed by atoms with E-state index < -0.39 is 5.97 Å². The standard InChI is InChI=1S/C13H19NO3S/c1-8(2)7-9-10(11(15)16)18-12(14-9)13(3)5-4-6-17-13/h8H,4-7H2,1-3H3,(H,15,16). The van der Waals surface area contributed by atoms with Crippen molar-refractivity contribution in [3.8, 4) is 0 Å². The van der Waals surface area contributed by atoms with E-state index in [0.717, 1.165) is 24.5 Å². The zero-order valence-corrected chi connectivity index (χ0v) is 11.8. The van der Waals surface area contributed by atoms with Gasteiger partial charge in [0, 0.05) is 6.61 Å². The molecule has 100 valence electrons. The fourth-order valence-electron chi connectivity index (χ4n) is 2.22. The molecule has 0 aliphatic carbocycles. The van der Waals surface area contributed by atoms with Crippen molar-refractivity contribution in [1.82, 2.24) is 4.98 Å². The Balaban J connectivity index is 2.35. The first-order valence-corrected chi connectivity index (χ1v) is 7.11. The molecule has 1 aliphatic rings. The number of carboxylic acids is 1. The number of aromatic nitrogens is 1. The van der Waals surface area contributed by atoms with Gasteiger partial charge in [-0.1, -0.05) is 13.8 Å². The molecule has 1 fully saturated rings. The fourth-order valence-corrected chi connectivity index (χ4v) is 3.28. The van der Waals surface area contributed by atoms with Crippen molar-refractivity contribution in [3.63, 3.8) is 0 Å². The van der Waals surface area contributed by atoms with E-state index in [-0.39, 0.29) is 5.60 Å². The number of thiazole rings is 1. The summed E-state index contributed by atoms with van der Waals surface area (Å²) < 4.78 is 5.73. The SMILES string of the molecule is CC(C)Cc1nc(C2(C)CCCO2)sc1C(=O)O. The molecule has 0 radical (unpaired) electrons. The molecule has 1 aromatic heterocycles. The molecule has 1 unspecified atom stereocenters. The topological polar surface area (TPSA) is 59.4 Å². The average molecular weight is 269 g/mol. The summed E-state index contributed by atoms with van der Waals surface area (Å²) >= 11 is 1.27. The summed E-state index contributed by atoms with van der Waals surface area (Å²) in [6, 6.07) is 0. The number of hydrogen-bond acceptors (Lipinski definition) is 4. The molecule has 2 rings (SSSR count). The van der Waals surface area contributed by atoms with Crippen LogP contribution >= 0.6 is 11.3 Å². The maximum absolute atomic E-state index is 11.3. The van der Waals surface area contributed by atoms with Crippen LogP contribution in [0.4, 0.5) is 0 Å². The van der Waals surface area contributed by atoms with Crippen molar-refractivity contribution < 1.29 is 14.6 Å². The third kappa shape index (κ3) is 2.57. The van der Waals surface area contributed by atoms with Gasteiger partial charge < -0.3 is 9.84 Å². The molecule has 0 spiro atoms. The van der Waals surface area contributed by atoms with Crippen molar-refractivity contribution in [3.05, 3.63) is 15.6 Å². The van der Waals surface area contributed by atoms with E-state index in [2.05, 4.69) is 18.8 Å². The first-order chi connectivity index (χ1) is 8.42. The van der Waals surface area contributed by atoms with E-state index in [1.54, 1.807) is 0 Å². The van der Waals surface area contributed by atoms with Crippen molar-refractivity contribution in [2.24, 2.45) is 5.92 Å². The van der Waals surface area contributed by atoms with E-state index in [4.69, 9.17) is 4.74 Å². The molecule has 1 N–H and O–H groups in total. The van der Waals surface area contributed by atoms with Crippen LogP contribution < -0.4 is 0 Å². The van der Waals surface area contributed by atoms with Gasteiger partial charge in [0.15, 0.2) is 0 Å². The monoisotopic (exact) mass is 269 g/mol. The van der Waals surface area contributed by atoms with Crippen LogP contribution in [0, 0.1) is 5.92 Å². The van der Waals surface area contributed by atoms with Gasteiger partial charge in [0.2, 0.25) is 0 Å². The molecular weight excluding hydrogens is 250 g/mol. The first-order valence-electron chi connectivity index (χ1n) is 6.30. The number of carboxylic acid groups (broad SMARTS) is 1. The Hall–Kier alpha value is -0.940. The number of hydrogen-bond donors (Lipinski definition) is 1. The molecule has 5 heteroatoms. The van der Waals surface area contributed by atoms with Crippen molar-refractivity contribution in [1.29, 1.82) is 0 Å². The maximum atomic E-state index is 11.3. The van der Waals surface area contributed by atoms with Gasteiger partial charge in [0.25, 0.3) is 0 Å². The van der Waals surface area contributed by atoms with Crippen LogP contribution in [0.25, 0.3) is 0 Å². The Morgan fingerprint density at radius 1 is 1.61 bits per heavy atom. The van der Waals surface area contributed by atoms with Gasteiger partial charge in [-0.3, -0.25) is 0 Å². The number of ether oxygens (including phenoxy) is 1. The summed E-state index contributed by atoms with van der Waals surface area (Å²) in [5.41, 5.74) is 0.318. The third-order valence-corrected chi connectivity index (χ3v) is 4.50. The van der Waals surface area contributed by atoms with Gasteiger partial charge in [0.05, 0.1) is 5.69 Å². The predicted octanol–water partition coefficient (Wildman–Crippen LogP) is 3.07. The van der Waals surface area contributed by atoms with E-state index in [1.807, 2.05) is 6.92 Å². The highest BCUT2D eigenvalue weighted by Crippen LogP contribution is 2.39. The normalized spacial score (nSPS) is 23.8. The number of carbonyl (C=O) groups is 1. The van der Waals surface area contributed by atoms with Gasteiger partial charge in [-0.25, -0.2) is 9.78 Å². The van der Waals surface area contributed by atoms with E-state index in [9.17, 15) is 9.90 Å². The molecule has 0 bridgehead atoms. The molecule has 1 saturated heterocycles. The molecule has 1 atom stereocenters. The summed E-state index contributed by atoms with van der Waals surface area (Å²) in [4.78, 5) is 16.2. The Morgan fingerprint density at radius 2 is 2.33 bits per heavy atom. The van der Waals surface area contributed by atoms with Crippen LogP contribution in [0.1, 0.15) is 54.0 Å². The first kappa shape index (κ1) is 13.5. The largest absolute Gasteiger partial charge is 0.477 e. The lowest BCUT2D eigenvalue weighted by Crippen LogP contribution is -2.19. The van der Waals surface area contributed by atoms with Crippen molar-refractivity contribution in [2.75, 3.05) is 6.61 Å². The minimum atomic E-state index is -0.879. The van der Waals surface area contributed by atoms with Crippen LogP contribution in [0.15, 0.2) is 0 Å². The van der Waals surface area contributed by atoms with Gasteiger partial charge in [-0.2, -0.15) is 0 Å². The van der Waals surface area contributed by atoms with Crippen LogP contribution in [-0.4, -0.2) is 22.7 Å². The van der Waals surface area contributed by atoms with E-state index >= 15 is 0 Å². The zero-order valence-electron chi connectivity index (χ0n) is 11.0. The molecule has 1 aliphatic heterocycles. The number of aromatic carboxylic acids is 1. The highest BCUT2D eigenvalue weighted by atomic mass is 32.1. The van der Waals surface area contributed by atoms with Crippen LogP contribution in [0.3, 0.4) is 0 Å². The van der Waals surface area contributed by atoms with E-state index in [0.29, 0.717) is 22.9 Å². The molecule has 2 heterocycles. The average Bonchev–Trinajstić information content (AvgIpc) is 2.84. The van der Waals surface area contributed by atoms with Crippen LogP contribution in [-0.2, 0) is 16.8 Å². The molecule has 0 saturated carbocycles. The quantitative estimate of drug-likeness (QED) is 0.912. The Labute approximate surface area is 111 Å². The summed E-state index contributed by atoms with van der Waals surface area (Å²) in [5.74, 6) is -0.480. The Bertz CT molecular complexity index is 447. The van der Waals surface area contributed by atoms with Crippen LogP contribution in [0.2, 0.25) is 0 Å². The number of rotatable bonds is 4. The van der Waals surface area contributed by atoms with Gasteiger partial charge >= 0.3 is 5.97 Å². The minimum absolute atomic E-state index is 0.371. The molecule has 1 aromatic rings. The van der Waals surface area contributed by atoms with Gasteiger partial charge in [0.1, 0.15) is 15.5 Å². The van der Waals surface area contributed by atoms with Gasteiger partial charge in [-0.05, 0) is 32.1 Å². The van der Waals surface area contributed by atoms with Crippen molar-refractivity contribution in [2.45, 2.75) is 45.6 Å². The van der Waals surface area contributed by atoms with Gasteiger partial charge in [-0.15, -0.1) is 11.3 Å². The Kier molecular flexibility index (Phi) is 3.73. The second-order valence-electron chi connectivity index (χ2n) is 5.38. The highest BCUT2D eigenvalue weighted by molar-refractivity contribution is 7.13. The zero-order chi connectivity index (χ0) is 13.3. The fraction of sp³-hybridized carbons (Fsp3) is 0.692. The molecule has 18 heavy (non-hydrogen) atoms. The highest BCUT2D eigenvalue weighted by Gasteiger charge is 2.36. The number of nitrogens with zero attached hydrogens (tertiary/aromatic N) is 1. The lowest BCUT2D eigenvalue weighted by Gasteiger charge is -2.19. The maximum Gasteiger partial charge on any atom is 0.347 e. The lowest BCUT2D eigenvalue weighted by atomic mass is 10.0. The molecule has 0 amide bonds. The summed E-state index contributed by atoms with van der Waals surface area (Å²) in [6.07, 6.45) is 2.63. The lowest BCUT2D eigenvalue weighted by molar-refractivity contribution is 0.0165. The molecule has 4 nitrogen and oxygen atoms in total. The predicted molar refractivity (Wildman–Crippen MR) is 70.2 cm³/mol. The second-order valence-corrected chi connectivity index (χ2v) is 6.38. The third-order valence-electron chi connectivity index (χ3n) is 3.16.